The number of ether oxygens (including phenoxy) is 1. The molecule has 1 N–H and O–H groups in total. The quantitative estimate of drug-likeness (QED) is 0.322. The van der Waals surface area contributed by atoms with Gasteiger partial charge in [-0.25, -0.2) is 9.48 Å². The van der Waals surface area contributed by atoms with Gasteiger partial charge in [-0.1, -0.05) is 31.2 Å². The maximum Gasteiger partial charge on any atom is 0.337 e. The van der Waals surface area contributed by atoms with Gasteiger partial charge in [-0.3, -0.25) is 19.5 Å². The second kappa shape index (κ2) is 12.1. The zero-order chi connectivity index (χ0) is 27.1. The fourth-order valence-electron chi connectivity index (χ4n) is 4.10. The number of amides is 2. The van der Waals surface area contributed by atoms with E-state index in [1.54, 1.807) is 48.8 Å². The lowest BCUT2D eigenvalue weighted by atomic mass is 10.0. The van der Waals surface area contributed by atoms with E-state index >= 15 is 0 Å². The molecule has 196 valence electrons. The van der Waals surface area contributed by atoms with E-state index in [1.807, 2.05) is 24.3 Å². The zero-order valence-electron chi connectivity index (χ0n) is 21.6. The lowest BCUT2D eigenvalue weighted by Gasteiger charge is -2.31. The van der Waals surface area contributed by atoms with Gasteiger partial charge in [-0.05, 0) is 66.4 Å². The van der Waals surface area contributed by atoms with Gasteiger partial charge >= 0.3 is 5.97 Å². The van der Waals surface area contributed by atoms with Gasteiger partial charge in [0.1, 0.15) is 18.1 Å². The lowest BCUT2D eigenvalue weighted by Crippen LogP contribution is -2.45. The molecule has 2 aromatic heterocycles. The summed E-state index contributed by atoms with van der Waals surface area (Å²) in [6.07, 6.45) is 3.96. The molecule has 0 saturated heterocycles. The second-order valence-corrected chi connectivity index (χ2v) is 9.19. The minimum atomic E-state index is -0.989. The van der Waals surface area contributed by atoms with Crippen LogP contribution < -0.4 is 10.2 Å². The van der Waals surface area contributed by atoms with E-state index in [0.29, 0.717) is 40.3 Å². The van der Waals surface area contributed by atoms with Crippen LogP contribution in [-0.4, -0.2) is 51.4 Å². The van der Waals surface area contributed by atoms with Crippen molar-refractivity contribution in [1.29, 1.82) is 0 Å². The number of methoxy groups -OCH3 is 1. The third kappa shape index (κ3) is 6.03. The van der Waals surface area contributed by atoms with Crippen molar-refractivity contribution in [1.82, 2.24) is 25.3 Å². The van der Waals surface area contributed by atoms with Crippen LogP contribution in [0.4, 0.5) is 5.69 Å². The molecule has 0 spiro atoms. The average Bonchev–Trinajstić information content (AvgIpc) is 3.34. The summed E-state index contributed by atoms with van der Waals surface area (Å²) in [6, 6.07) is 16.1. The third-order valence-corrected chi connectivity index (χ3v) is 6.09. The van der Waals surface area contributed by atoms with E-state index in [0.717, 1.165) is 6.42 Å². The van der Waals surface area contributed by atoms with Crippen molar-refractivity contribution in [2.24, 2.45) is 5.92 Å². The van der Waals surface area contributed by atoms with Crippen molar-refractivity contribution in [3.05, 3.63) is 84.2 Å². The molecule has 0 saturated carbocycles. The first-order valence-corrected chi connectivity index (χ1v) is 12.4. The van der Waals surface area contributed by atoms with E-state index in [1.165, 1.54) is 16.7 Å². The van der Waals surface area contributed by atoms with Gasteiger partial charge in [-0.2, -0.15) is 0 Å². The van der Waals surface area contributed by atoms with Crippen LogP contribution in [0.3, 0.4) is 0 Å². The summed E-state index contributed by atoms with van der Waals surface area (Å²) in [5, 5.41) is 11.3. The van der Waals surface area contributed by atoms with E-state index < -0.39 is 12.0 Å². The third-order valence-electron chi connectivity index (χ3n) is 6.09. The Balaban J connectivity index is 1.76. The van der Waals surface area contributed by atoms with E-state index in [2.05, 4.69) is 34.5 Å². The number of esters is 1. The Hall–Kier alpha value is -4.60. The molecule has 2 heterocycles. The molecule has 0 aliphatic heterocycles. The predicted octanol–water partition coefficient (Wildman–Crippen LogP) is 3.55. The van der Waals surface area contributed by atoms with Gasteiger partial charge < -0.3 is 10.1 Å². The first-order chi connectivity index (χ1) is 18.4. The minimum absolute atomic E-state index is 0.153. The topological polar surface area (TPSA) is 119 Å². The number of aromatic nitrogens is 4. The molecule has 0 aliphatic carbocycles. The van der Waals surface area contributed by atoms with E-state index in [9.17, 15) is 14.4 Å². The molecular formula is C28H30N6O4. The molecule has 1 atom stereocenters. The highest BCUT2D eigenvalue weighted by Crippen LogP contribution is 2.29. The first-order valence-electron chi connectivity index (χ1n) is 12.4. The molecule has 4 rings (SSSR count). The molecule has 0 radical (unpaired) electrons. The van der Waals surface area contributed by atoms with Gasteiger partial charge in [0.2, 0.25) is 11.8 Å². The molecule has 0 bridgehead atoms. The maximum absolute atomic E-state index is 14.0. The lowest BCUT2D eigenvalue weighted by molar-refractivity contribution is -0.127. The number of nitrogens with zero attached hydrogens (tertiary/aromatic N) is 5. The predicted molar refractivity (Wildman–Crippen MR) is 142 cm³/mol. The van der Waals surface area contributed by atoms with Crippen molar-refractivity contribution in [3.8, 4) is 0 Å². The molecule has 0 fully saturated rings. The van der Waals surface area contributed by atoms with Crippen molar-refractivity contribution >= 4 is 34.5 Å². The number of nitrogens with one attached hydrogen (secondary N) is 1. The number of anilines is 1. The number of pyridine rings is 1. The fourth-order valence-corrected chi connectivity index (χ4v) is 4.10. The van der Waals surface area contributed by atoms with Gasteiger partial charge in [0.05, 0.1) is 18.2 Å². The number of carbonyl (C=O) groups is 3. The summed E-state index contributed by atoms with van der Waals surface area (Å²) >= 11 is 0. The smallest absolute Gasteiger partial charge is 0.337 e. The highest BCUT2D eigenvalue weighted by Gasteiger charge is 2.33. The monoisotopic (exact) mass is 514 g/mol. The molecule has 10 nitrogen and oxygen atoms in total. The van der Waals surface area contributed by atoms with Crippen molar-refractivity contribution in [2.75, 3.05) is 18.6 Å². The summed E-state index contributed by atoms with van der Waals surface area (Å²) < 4.78 is 6.31. The van der Waals surface area contributed by atoms with Crippen LogP contribution >= 0.6 is 0 Å². The standard InChI is InChI=1S/C28H30N6O4/c1-19(2)12-17-30-27(36)26(20-13-15-29-16-14-20)34(22-10-8-21(9-11-22)28(37)38-3)25(35)18-33-24-7-5-4-6-23(24)31-32-33/h4-11,13-16,19,26H,12,17-18H2,1-3H3,(H,30,36). The average molecular weight is 515 g/mol. The number of hydrogen-bond donors (Lipinski definition) is 1. The van der Waals surface area contributed by atoms with Gasteiger partial charge in [0.25, 0.3) is 0 Å². The van der Waals surface area contributed by atoms with Crippen LogP contribution in [-0.2, 0) is 20.9 Å². The number of rotatable bonds is 10. The van der Waals surface area contributed by atoms with Crippen molar-refractivity contribution < 1.29 is 19.1 Å². The summed E-state index contributed by atoms with van der Waals surface area (Å²) in [5.41, 5.74) is 2.71. The van der Waals surface area contributed by atoms with Crippen LogP contribution in [0.15, 0.2) is 73.1 Å². The van der Waals surface area contributed by atoms with Gasteiger partial charge in [-0.15, -0.1) is 5.10 Å². The Bertz CT molecular complexity index is 1400. The normalized spacial score (nSPS) is 11.8. The van der Waals surface area contributed by atoms with Crippen LogP contribution in [0.1, 0.15) is 42.2 Å². The fraction of sp³-hybridized carbons (Fsp3) is 0.286. The highest BCUT2D eigenvalue weighted by molar-refractivity contribution is 6.02. The SMILES string of the molecule is COC(=O)c1ccc(N(C(=O)Cn2nnc3ccccc32)C(C(=O)NCCC(C)C)c2ccncc2)cc1. The Morgan fingerprint density at radius 2 is 1.71 bits per heavy atom. The van der Waals surface area contributed by atoms with Crippen LogP contribution in [0, 0.1) is 5.92 Å². The Labute approximate surface area is 220 Å². The summed E-state index contributed by atoms with van der Waals surface area (Å²) in [4.78, 5) is 45.1. The summed E-state index contributed by atoms with van der Waals surface area (Å²) in [6.45, 7) is 4.47. The number of para-hydroxylation sites is 1. The Morgan fingerprint density at radius 3 is 2.39 bits per heavy atom. The highest BCUT2D eigenvalue weighted by atomic mass is 16.5. The minimum Gasteiger partial charge on any atom is -0.465 e. The Morgan fingerprint density at radius 1 is 1.00 bits per heavy atom. The van der Waals surface area contributed by atoms with Gasteiger partial charge in [0.15, 0.2) is 0 Å². The van der Waals surface area contributed by atoms with Gasteiger partial charge in [0, 0.05) is 24.6 Å². The Kier molecular flexibility index (Phi) is 8.42. The van der Waals surface area contributed by atoms with Crippen molar-refractivity contribution in [2.45, 2.75) is 32.9 Å². The molecular weight excluding hydrogens is 484 g/mol. The molecule has 10 heteroatoms. The summed E-state index contributed by atoms with van der Waals surface area (Å²) in [7, 11) is 1.30. The number of fused-ring (bicyclic) bond motifs is 1. The van der Waals surface area contributed by atoms with Crippen molar-refractivity contribution in [3.63, 3.8) is 0 Å². The molecule has 38 heavy (non-hydrogen) atoms. The second-order valence-electron chi connectivity index (χ2n) is 9.19. The molecule has 1 unspecified atom stereocenters. The first kappa shape index (κ1) is 26.5. The summed E-state index contributed by atoms with van der Waals surface area (Å²) in [5.74, 6) is -0.808. The largest absolute Gasteiger partial charge is 0.465 e. The number of benzene rings is 2. The number of carbonyl (C=O) groups excluding carboxylic acids is 3. The van der Waals surface area contributed by atoms with E-state index in [-0.39, 0.29) is 18.4 Å². The molecule has 4 aromatic rings. The van der Waals surface area contributed by atoms with Crippen LogP contribution in [0.2, 0.25) is 0 Å². The molecule has 2 amide bonds. The number of hydrogen-bond acceptors (Lipinski definition) is 7. The maximum atomic E-state index is 14.0. The molecule has 2 aromatic carbocycles. The van der Waals surface area contributed by atoms with Crippen LogP contribution in [0.5, 0.6) is 0 Å². The molecule has 0 aliphatic rings. The zero-order valence-corrected chi connectivity index (χ0v) is 21.6. The van der Waals surface area contributed by atoms with Crippen LogP contribution in [0.25, 0.3) is 11.0 Å². The van der Waals surface area contributed by atoms with E-state index in [4.69, 9.17) is 4.74 Å².